The summed E-state index contributed by atoms with van der Waals surface area (Å²) in [5.41, 5.74) is 3.52. The third-order valence-electron chi connectivity index (χ3n) is 7.48. The second-order valence-corrected chi connectivity index (χ2v) is 11.3. The number of hydrogen-bond donors (Lipinski definition) is 0. The Morgan fingerprint density at radius 2 is 1.89 bits per heavy atom. The van der Waals surface area contributed by atoms with E-state index in [0.717, 1.165) is 38.2 Å². The highest BCUT2D eigenvalue weighted by Crippen LogP contribution is 2.44. The second kappa shape index (κ2) is 10.5. The molecule has 2 aromatic carbocycles. The van der Waals surface area contributed by atoms with Crippen molar-refractivity contribution in [2.24, 2.45) is 5.92 Å². The largest absolute Gasteiger partial charge is 0.384 e. The fraction of sp³-hybridized carbons (Fsp3) is 0.414. The minimum Gasteiger partial charge on any atom is -0.384 e. The van der Waals surface area contributed by atoms with Crippen LogP contribution in [0.2, 0.25) is 0 Å². The summed E-state index contributed by atoms with van der Waals surface area (Å²) in [4.78, 5) is 35.7. The van der Waals surface area contributed by atoms with Crippen molar-refractivity contribution in [1.29, 1.82) is 0 Å². The number of piperazine rings is 1. The normalized spacial score (nSPS) is 21.4. The molecule has 1 amide bonds. The number of hydrogen-bond acceptors (Lipinski definition) is 6. The van der Waals surface area contributed by atoms with Crippen molar-refractivity contribution in [3.05, 3.63) is 64.9 Å². The molecule has 0 radical (unpaired) electrons. The van der Waals surface area contributed by atoms with Gasteiger partial charge >= 0.3 is 5.69 Å². The lowest BCUT2D eigenvalue weighted by atomic mass is 9.97. The summed E-state index contributed by atoms with van der Waals surface area (Å²) >= 11 is 1.72. The van der Waals surface area contributed by atoms with Crippen LogP contribution in [-0.2, 0) is 16.1 Å². The van der Waals surface area contributed by atoms with Gasteiger partial charge < -0.3 is 14.5 Å². The summed E-state index contributed by atoms with van der Waals surface area (Å²) in [6.07, 6.45) is 1.35. The maximum absolute atomic E-state index is 13.8. The number of ether oxygens (including phenoxy) is 1. The van der Waals surface area contributed by atoms with Crippen LogP contribution in [0.15, 0.2) is 52.7 Å². The molecule has 7 nitrogen and oxygen atoms in total. The van der Waals surface area contributed by atoms with Gasteiger partial charge in [0, 0.05) is 66.3 Å². The van der Waals surface area contributed by atoms with Gasteiger partial charge in [-0.2, -0.15) is 4.98 Å². The summed E-state index contributed by atoms with van der Waals surface area (Å²) in [6.45, 7) is 11.9. The van der Waals surface area contributed by atoms with E-state index < -0.39 is 0 Å². The van der Waals surface area contributed by atoms with E-state index in [1.54, 1.807) is 35.6 Å². The van der Waals surface area contributed by atoms with E-state index in [2.05, 4.69) is 29.5 Å². The fourth-order valence-corrected chi connectivity index (χ4v) is 7.32. The molecule has 2 aliphatic heterocycles. The second-order valence-electron chi connectivity index (χ2n) is 10.3. The molecule has 3 aromatic rings. The average Bonchev–Trinajstić information content (AvgIpc) is 3.07. The number of carbonyl (C=O) groups is 1. The van der Waals surface area contributed by atoms with E-state index in [-0.39, 0.29) is 35.4 Å². The van der Waals surface area contributed by atoms with Gasteiger partial charge in [-0.05, 0) is 56.2 Å². The average molecular weight is 537 g/mol. The minimum absolute atomic E-state index is 0.0706. The quantitative estimate of drug-likeness (QED) is 0.448. The van der Waals surface area contributed by atoms with E-state index >= 15 is 0 Å². The first-order valence-corrected chi connectivity index (χ1v) is 13.9. The molecule has 0 N–H and O–H groups in total. The topological polar surface area (TPSA) is 67.7 Å². The number of thioether (sulfide) groups is 1. The number of methoxy groups -OCH3 is 1. The van der Waals surface area contributed by atoms with Gasteiger partial charge in [0.2, 0.25) is 5.91 Å². The zero-order valence-corrected chi connectivity index (χ0v) is 23.1. The Balaban J connectivity index is 1.72. The third kappa shape index (κ3) is 4.62. The zero-order valence-electron chi connectivity index (χ0n) is 22.2. The SMILES string of the molecule is C=CC(=O)N1[C@H](C)CN(c2nc(=O)n3c4c(c(-c5ccc(F)cc5)c(C)cc24)SC[C@H](COC)C3)C[C@@H]1C. The molecule has 1 fully saturated rings. The van der Waals surface area contributed by atoms with Crippen LogP contribution in [0.25, 0.3) is 22.0 Å². The van der Waals surface area contributed by atoms with Crippen molar-refractivity contribution in [2.75, 3.05) is 37.5 Å². The number of halogens is 1. The standard InChI is InChI=1S/C29H33FN4O3S/c1-6-24(35)34-18(3)12-32(13-19(34)4)28-23-11-17(2)25(21-7-9-22(30)10-8-21)27-26(23)33(29(36)31-28)14-20(15-37-5)16-38-27/h6-11,18-20H,1,12-16H2,2-5H3/t18-,19+,20-/m0/s1. The monoisotopic (exact) mass is 536 g/mol. The highest BCUT2D eigenvalue weighted by atomic mass is 32.2. The Bertz CT molecular complexity index is 1440. The zero-order chi connectivity index (χ0) is 27.1. The van der Waals surface area contributed by atoms with Gasteiger partial charge in [-0.25, -0.2) is 9.18 Å². The van der Waals surface area contributed by atoms with Crippen LogP contribution in [0.5, 0.6) is 0 Å². The summed E-state index contributed by atoms with van der Waals surface area (Å²) in [5, 5.41) is 0.913. The Morgan fingerprint density at radius 3 is 2.53 bits per heavy atom. The van der Waals surface area contributed by atoms with Crippen LogP contribution >= 0.6 is 11.8 Å². The van der Waals surface area contributed by atoms with E-state index in [1.807, 2.05) is 18.7 Å². The summed E-state index contributed by atoms with van der Waals surface area (Å²) in [5.74, 6) is 1.19. The maximum Gasteiger partial charge on any atom is 0.350 e. The van der Waals surface area contributed by atoms with Crippen molar-refractivity contribution in [2.45, 2.75) is 44.3 Å². The molecule has 1 saturated heterocycles. The Morgan fingerprint density at radius 1 is 1.21 bits per heavy atom. The lowest BCUT2D eigenvalue weighted by molar-refractivity contribution is -0.130. The number of benzene rings is 2. The van der Waals surface area contributed by atoms with Gasteiger partial charge in [-0.15, -0.1) is 11.8 Å². The Hall–Kier alpha value is -3.17. The van der Waals surface area contributed by atoms with Crippen LogP contribution in [-0.4, -0.2) is 65.0 Å². The van der Waals surface area contributed by atoms with Gasteiger partial charge in [0.1, 0.15) is 11.6 Å². The molecule has 1 aromatic heterocycles. The molecule has 200 valence electrons. The molecule has 2 aliphatic rings. The summed E-state index contributed by atoms with van der Waals surface area (Å²) in [7, 11) is 1.68. The molecular formula is C29H33FN4O3S. The van der Waals surface area contributed by atoms with Gasteiger partial charge in [0.15, 0.2) is 0 Å². The Labute approximate surface area is 226 Å². The van der Waals surface area contributed by atoms with Crippen LogP contribution in [0, 0.1) is 18.7 Å². The van der Waals surface area contributed by atoms with E-state index in [4.69, 9.17) is 4.74 Å². The molecule has 38 heavy (non-hydrogen) atoms. The molecular weight excluding hydrogens is 503 g/mol. The maximum atomic E-state index is 13.8. The summed E-state index contributed by atoms with van der Waals surface area (Å²) in [6, 6.07) is 8.49. The number of amides is 1. The van der Waals surface area contributed by atoms with Crippen LogP contribution in [0.3, 0.4) is 0 Å². The van der Waals surface area contributed by atoms with Crippen molar-refractivity contribution < 1.29 is 13.9 Å². The number of anilines is 1. The molecule has 0 bridgehead atoms. The van der Waals surface area contributed by atoms with Gasteiger partial charge in [-0.1, -0.05) is 18.7 Å². The highest BCUT2D eigenvalue weighted by Gasteiger charge is 2.34. The first-order valence-electron chi connectivity index (χ1n) is 12.9. The van der Waals surface area contributed by atoms with E-state index in [9.17, 15) is 14.0 Å². The molecule has 0 aliphatic carbocycles. The smallest absolute Gasteiger partial charge is 0.350 e. The Kier molecular flexibility index (Phi) is 7.33. The predicted molar refractivity (Wildman–Crippen MR) is 150 cm³/mol. The third-order valence-corrected chi connectivity index (χ3v) is 8.81. The summed E-state index contributed by atoms with van der Waals surface area (Å²) < 4.78 is 21.0. The lowest BCUT2D eigenvalue weighted by Crippen LogP contribution is -2.58. The first kappa shape index (κ1) is 26.4. The van der Waals surface area contributed by atoms with Crippen molar-refractivity contribution in [3.8, 4) is 11.1 Å². The number of carbonyl (C=O) groups excluding carboxylic acids is 1. The molecule has 9 heteroatoms. The van der Waals surface area contributed by atoms with Crippen molar-refractivity contribution in [1.82, 2.24) is 14.5 Å². The molecule has 3 atom stereocenters. The van der Waals surface area contributed by atoms with Gasteiger partial charge in [0.05, 0.1) is 12.1 Å². The molecule has 0 saturated carbocycles. The molecule has 0 unspecified atom stereocenters. The van der Waals surface area contributed by atoms with Crippen molar-refractivity contribution >= 4 is 34.4 Å². The van der Waals surface area contributed by atoms with E-state index in [1.165, 1.54) is 18.2 Å². The number of aryl methyl sites for hydroxylation is 1. The first-order chi connectivity index (χ1) is 18.2. The highest BCUT2D eigenvalue weighted by molar-refractivity contribution is 7.99. The molecule has 5 rings (SSSR count). The van der Waals surface area contributed by atoms with Crippen LogP contribution in [0.4, 0.5) is 10.2 Å². The van der Waals surface area contributed by atoms with Gasteiger partial charge in [0.25, 0.3) is 0 Å². The number of aromatic nitrogens is 2. The number of nitrogens with zero attached hydrogens (tertiary/aromatic N) is 4. The number of rotatable bonds is 5. The van der Waals surface area contributed by atoms with Crippen LogP contribution < -0.4 is 10.6 Å². The van der Waals surface area contributed by atoms with Gasteiger partial charge in [-0.3, -0.25) is 9.36 Å². The fourth-order valence-electron chi connectivity index (χ4n) is 5.93. The lowest BCUT2D eigenvalue weighted by Gasteiger charge is -2.44. The molecule has 0 spiro atoms. The van der Waals surface area contributed by atoms with Crippen LogP contribution in [0.1, 0.15) is 19.4 Å². The molecule has 3 heterocycles. The van der Waals surface area contributed by atoms with Crippen molar-refractivity contribution in [3.63, 3.8) is 0 Å². The van der Waals surface area contributed by atoms with E-state index in [0.29, 0.717) is 32.1 Å². The minimum atomic E-state index is -0.295. The predicted octanol–water partition coefficient (Wildman–Crippen LogP) is 4.49.